The molecule has 2 aromatic rings. The van der Waals surface area contributed by atoms with Gasteiger partial charge in [-0.3, -0.25) is 0 Å². The molecule has 0 unspecified atom stereocenters. The van der Waals surface area contributed by atoms with Crippen molar-refractivity contribution >= 4 is 49.1 Å². The molecule has 0 bridgehead atoms. The largest absolute Gasteiger partial charge is 0.381 e. The Bertz CT molecular complexity index is 617. The standard InChI is InChI=1S/C14H11Br2ClFN/c1-8-4-13(18)12(16)6-14(8)19-7-9-2-3-10(17)5-11(9)15/h2-6,19H,7H2,1H3. The Hall–Kier alpha value is -0.580. The van der Waals surface area contributed by atoms with Crippen LogP contribution in [-0.2, 0) is 6.54 Å². The van der Waals surface area contributed by atoms with Gasteiger partial charge >= 0.3 is 0 Å². The lowest BCUT2D eigenvalue weighted by atomic mass is 10.1. The molecule has 5 heteroatoms. The molecule has 0 aliphatic heterocycles. The topological polar surface area (TPSA) is 12.0 Å². The van der Waals surface area contributed by atoms with Gasteiger partial charge in [0.15, 0.2) is 0 Å². The number of halogens is 4. The number of hydrogen-bond acceptors (Lipinski definition) is 1. The summed E-state index contributed by atoms with van der Waals surface area (Å²) in [5.41, 5.74) is 2.85. The number of anilines is 1. The second kappa shape index (κ2) is 6.25. The van der Waals surface area contributed by atoms with E-state index in [1.807, 2.05) is 25.1 Å². The molecule has 1 nitrogen and oxygen atoms in total. The van der Waals surface area contributed by atoms with Crippen molar-refractivity contribution in [1.29, 1.82) is 0 Å². The van der Waals surface area contributed by atoms with Crippen molar-refractivity contribution in [2.24, 2.45) is 0 Å². The average Bonchev–Trinajstić information content (AvgIpc) is 2.34. The lowest BCUT2D eigenvalue weighted by molar-refractivity contribution is 0.620. The van der Waals surface area contributed by atoms with Gasteiger partial charge < -0.3 is 5.32 Å². The number of nitrogens with one attached hydrogen (secondary N) is 1. The lowest BCUT2D eigenvalue weighted by Crippen LogP contribution is -2.02. The van der Waals surface area contributed by atoms with Crippen molar-refractivity contribution in [3.05, 3.63) is 61.2 Å². The fourth-order valence-electron chi connectivity index (χ4n) is 1.69. The summed E-state index contributed by atoms with van der Waals surface area (Å²) >= 11 is 12.6. The molecule has 1 N–H and O–H groups in total. The molecule has 0 radical (unpaired) electrons. The zero-order valence-corrected chi connectivity index (χ0v) is 14.0. The Balaban J connectivity index is 2.16. The highest BCUT2D eigenvalue weighted by atomic mass is 79.9. The van der Waals surface area contributed by atoms with E-state index in [0.29, 0.717) is 16.0 Å². The minimum atomic E-state index is -0.254. The Labute approximate surface area is 133 Å². The summed E-state index contributed by atoms with van der Waals surface area (Å²) in [5.74, 6) is -0.254. The lowest BCUT2D eigenvalue weighted by Gasteiger charge is -2.12. The van der Waals surface area contributed by atoms with Crippen LogP contribution in [0.1, 0.15) is 11.1 Å². The Kier molecular flexibility index (Phi) is 4.87. The second-order valence-electron chi connectivity index (χ2n) is 4.17. The van der Waals surface area contributed by atoms with Gasteiger partial charge in [-0.2, -0.15) is 0 Å². The molecule has 0 aliphatic carbocycles. The molecule has 0 fully saturated rings. The SMILES string of the molecule is Cc1cc(F)c(Br)cc1NCc1ccc(Cl)cc1Br. The molecule has 0 saturated carbocycles. The maximum atomic E-state index is 13.3. The number of rotatable bonds is 3. The molecule has 0 saturated heterocycles. The van der Waals surface area contributed by atoms with Crippen molar-refractivity contribution in [2.75, 3.05) is 5.32 Å². The molecule has 2 rings (SSSR count). The number of aryl methyl sites for hydroxylation is 1. The molecule has 0 heterocycles. The van der Waals surface area contributed by atoms with E-state index in [0.717, 1.165) is 21.3 Å². The van der Waals surface area contributed by atoms with Gasteiger partial charge in [-0.05, 0) is 58.2 Å². The highest BCUT2D eigenvalue weighted by Gasteiger charge is 2.06. The van der Waals surface area contributed by atoms with E-state index in [1.165, 1.54) is 6.07 Å². The third-order valence-corrected chi connectivity index (χ3v) is 4.33. The van der Waals surface area contributed by atoms with E-state index in [2.05, 4.69) is 37.2 Å². The van der Waals surface area contributed by atoms with Crippen molar-refractivity contribution in [2.45, 2.75) is 13.5 Å². The van der Waals surface area contributed by atoms with Crippen LogP contribution in [0.3, 0.4) is 0 Å². The normalized spacial score (nSPS) is 10.6. The van der Waals surface area contributed by atoms with E-state index >= 15 is 0 Å². The molecule has 0 aliphatic rings. The van der Waals surface area contributed by atoms with Crippen molar-refractivity contribution < 1.29 is 4.39 Å². The van der Waals surface area contributed by atoms with Crippen molar-refractivity contribution in [3.63, 3.8) is 0 Å². The molecule has 19 heavy (non-hydrogen) atoms. The highest BCUT2D eigenvalue weighted by molar-refractivity contribution is 9.10. The van der Waals surface area contributed by atoms with Gasteiger partial charge in [-0.1, -0.05) is 33.6 Å². The van der Waals surface area contributed by atoms with Crippen LogP contribution < -0.4 is 5.32 Å². The molecular formula is C14H11Br2ClFN. The summed E-state index contributed by atoms with van der Waals surface area (Å²) in [5, 5.41) is 3.98. The van der Waals surface area contributed by atoms with Crippen LogP contribution >= 0.6 is 43.5 Å². The zero-order valence-electron chi connectivity index (χ0n) is 10.1. The fourth-order valence-corrected chi connectivity index (χ4v) is 2.86. The molecule has 0 amide bonds. The van der Waals surface area contributed by atoms with Gasteiger partial charge in [0.2, 0.25) is 0 Å². The zero-order chi connectivity index (χ0) is 14.0. The van der Waals surface area contributed by atoms with Gasteiger partial charge in [-0.15, -0.1) is 0 Å². The summed E-state index contributed by atoms with van der Waals surface area (Å²) in [6.07, 6.45) is 0. The third kappa shape index (κ3) is 3.71. The van der Waals surface area contributed by atoms with E-state index in [-0.39, 0.29) is 5.82 Å². The monoisotopic (exact) mass is 405 g/mol. The maximum Gasteiger partial charge on any atom is 0.137 e. The van der Waals surface area contributed by atoms with Crippen LogP contribution in [0.25, 0.3) is 0 Å². The minimum Gasteiger partial charge on any atom is -0.381 e. The first-order valence-electron chi connectivity index (χ1n) is 5.61. The summed E-state index contributed by atoms with van der Waals surface area (Å²) in [6.45, 7) is 2.51. The first kappa shape index (κ1) is 14.8. The minimum absolute atomic E-state index is 0.254. The molecular weight excluding hydrogens is 396 g/mol. The first-order valence-corrected chi connectivity index (χ1v) is 7.57. The number of benzene rings is 2. The van der Waals surface area contributed by atoms with Crippen LogP contribution in [0.5, 0.6) is 0 Å². The van der Waals surface area contributed by atoms with E-state index < -0.39 is 0 Å². The predicted molar refractivity (Wildman–Crippen MR) is 85.3 cm³/mol. The third-order valence-electron chi connectivity index (χ3n) is 2.75. The second-order valence-corrected chi connectivity index (χ2v) is 6.32. The van der Waals surface area contributed by atoms with Crippen molar-refractivity contribution in [3.8, 4) is 0 Å². The Morgan fingerprint density at radius 2 is 1.89 bits per heavy atom. The van der Waals surface area contributed by atoms with Crippen LogP contribution in [0.15, 0.2) is 39.3 Å². The maximum absolute atomic E-state index is 13.3. The smallest absolute Gasteiger partial charge is 0.137 e. The summed E-state index contributed by atoms with van der Waals surface area (Å²) in [4.78, 5) is 0. The quantitative estimate of drug-likeness (QED) is 0.665. The Morgan fingerprint density at radius 1 is 1.16 bits per heavy atom. The van der Waals surface area contributed by atoms with Crippen LogP contribution in [-0.4, -0.2) is 0 Å². The van der Waals surface area contributed by atoms with Gasteiger partial charge in [0.1, 0.15) is 5.82 Å². The first-order chi connectivity index (χ1) is 8.97. The summed E-state index contributed by atoms with van der Waals surface area (Å²) in [7, 11) is 0. The van der Waals surface area contributed by atoms with Crippen LogP contribution in [0.4, 0.5) is 10.1 Å². The van der Waals surface area contributed by atoms with Gasteiger partial charge in [0, 0.05) is 21.7 Å². The molecule has 0 aromatic heterocycles. The van der Waals surface area contributed by atoms with Crippen LogP contribution in [0, 0.1) is 12.7 Å². The van der Waals surface area contributed by atoms with E-state index in [9.17, 15) is 4.39 Å². The fraction of sp³-hybridized carbons (Fsp3) is 0.143. The highest BCUT2D eigenvalue weighted by Crippen LogP contribution is 2.26. The summed E-state index contributed by atoms with van der Waals surface area (Å²) < 4.78 is 14.7. The number of hydrogen-bond donors (Lipinski definition) is 1. The van der Waals surface area contributed by atoms with Crippen molar-refractivity contribution in [1.82, 2.24) is 0 Å². The van der Waals surface area contributed by atoms with E-state index in [1.54, 1.807) is 6.07 Å². The van der Waals surface area contributed by atoms with Gasteiger partial charge in [0.05, 0.1) is 4.47 Å². The average molecular weight is 408 g/mol. The van der Waals surface area contributed by atoms with E-state index in [4.69, 9.17) is 11.6 Å². The molecule has 0 spiro atoms. The molecule has 0 atom stereocenters. The molecule has 2 aromatic carbocycles. The molecule has 100 valence electrons. The summed E-state index contributed by atoms with van der Waals surface area (Å²) in [6, 6.07) is 8.90. The van der Waals surface area contributed by atoms with Crippen LogP contribution in [0.2, 0.25) is 5.02 Å². The van der Waals surface area contributed by atoms with Gasteiger partial charge in [0.25, 0.3) is 0 Å². The van der Waals surface area contributed by atoms with Gasteiger partial charge in [-0.25, -0.2) is 4.39 Å². The Morgan fingerprint density at radius 3 is 2.58 bits per heavy atom. The predicted octanol–water partition coefficient (Wildman–Crippen LogP) is 5.92.